The lowest BCUT2D eigenvalue weighted by Crippen LogP contribution is -2.50. The summed E-state index contributed by atoms with van der Waals surface area (Å²) >= 11 is 0. The number of imidazole rings is 1. The van der Waals surface area contributed by atoms with Crippen molar-refractivity contribution in [3.05, 3.63) is 12.7 Å². The van der Waals surface area contributed by atoms with Crippen LogP contribution in [0, 0.1) is 5.92 Å². The molecule has 214 valence electrons. The number of hydrogen-bond acceptors (Lipinski definition) is 9. The fraction of sp³-hybridized carbons (Fsp3) is 0.708. The van der Waals surface area contributed by atoms with E-state index in [4.69, 9.17) is 15.2 Å². The van der Waals surface area contributed by atoms with Crippen molar-refractivity contribution in [2.24, 2.45) is 5.92 Å². The van der Waals surface area contributed by atoms with Gasteiger partial charge in [0, 0.05) is 6.04 Å². The van der Waals surface area contributed by atoms with Crippen LogP contribution >= 0.6 is 7.44 Å². The first-order valence-corrected chi connectivity index (χ1v) is 14.8. The Morgan fingerprint density at radius 2 is 1.92 bits per heavy atom. The van der Waals surface area contributed by atoms with E-state index >= 15 is 0 Å². The predicted molar refractivity (Wildman–Crippen MR) is 144 cm³/mol. The minimum absolute atomic E-state index is 0.148. The Balaban J connectivity index is 2.18. The van der Waals surface area contributed by atoms with Crippen LogP contribution in [0.1, 0.15) is 67.2 Å². The number of ether oxygens (including phenoxy) is 2. The Morgan fingerprint density at radius 1 is 1.21 bits per heavy atom. The molecule has 2 rings (SSSR count). The summed E-state index contributed by atoms with van der Waals surface area (Å²) in [6.07, 6.45) is 4.60. The highest BCUT2D eigenvalue weighted by Crippen LogP contribution is 2.41. The first kappa shape index (κ1) is 31.6. The maximum atomic E-state index is 14.2. The standard InChI is InChI=1S/C24H42N7O6P/c1-7-8-9-10-36-23(34)24(5,6)30-38(35,29-18(16(2)3)11-19(32)33)15-37-17(4)12-31-14-28-20-21(25)26-13-27-22(20)31/h13-14,16-18H,7-12,15H2,1-6H3,(H,32,33)(H2,25,26,27)(H2,29,30,35)/t17-,18-,38?/m0/s1. The normalized spacial score (nSPS) is 15.3. The van der Waals surface area contributed by atoms with Crippen LogP contribution in [0.4, 0.5) is 5.82 Å². The Kier molecular flexibility index (Phi) is 11.6. The number of aliphatic carboxylic acids is 1. The summed E-state index contributed by atoms with van der Waals surface area (Å²) in [5.41, 5.74) is 5.56. The van der Waals surface area contributed by atoms with Gasteiger partial charge in [0.2, 0.25) is 7.44 Å². The van der Waals surface area contributed by atoms with Crippen LogP contribution in [-0.4, -0.2) is 67.2 Å². The van der Waals surface area contributed by atoms with E-state index in [9.17, 15) is 19.3 Å². The number of carboxylic acids is 1. The summed E-state index contributed by atoms with van der Waals surface area (Å²) in [4.78, 5) is 36.7. The number of unbranched alkanes of at least 4 members (excludes halogenated alkanes) is 2. The number of hydrogen-bond donors (Lipinski definition) is 4. The maximum Gasteiger partial charge on any atom is 0.326 e. The molecule has 0 amide bonds. The quantitative estimate of drug-likeness (QED) is 0.127. The summed E-state index contributed by atoms with van der Waals surface area (Å²) in [5, 5.41) is 15.3. The molecule has 0 saturated carbocycles. The van der Waals surface area contributed by atoms with Crippen molar-refractivity contribution in [3.8, 4) is 0 Å². The highest BCUT2D eigenvalue weighted by molar-refractivity contribution is 7.59. The number of carbonyl (C=O) groups excluding carboxylic acids is 1. The fourth-order valence-corrected chi connectivity index (χ4v) is 6.36. The maximum absolute atomic E-state index is 14.2. The van der Waals surface area contributed by atoms with Crippen molar-refractivity contribution in [1.29, 1.82) is 0 Å². The smallest absolute Gasteiger partial charge is 0.326 e. The van der Waals surface area contributed by atoms with Crippen LogP contribution in [0.5, 0.6) is 0 Å². The third-order valence-corrected chi connectivity index (χ3v) is 8.13. The molecule has 5 N–H and O–H groups in total. The number of nitrogens with one attached hydrogen (secondary N) is 2. The summed E-state index contributed by atoms with van der Waals surface area (Å²) in [5.74, 6) is -1.46. The molecule has 0 bridgehead atoms. The zero-order valence-electron chi connectivity index (χ0n) is 23.1. The van der Waals surface area contributed by atoms with Gasteiger partial charge in [-0.15, -0.1) is 0 Å². The van der Waals surface area contributed by atoms with Gasteiger partial charge in [-0.3, -0.25) is 14.2 Å². The zero-order chi connectivity index (χ0) is 28.5. The van der Waals surface area contributed by atoms with Gasteiger partial charge in [0.15, 0.2) is 11.5 Å². The third-order valence-electron chi connectivity index (χ3n) is 5.95. The lowest BCUT2D eigenvalue weighted by atomic mass is 10.0. The van der Waals surface area contributed by atoms with Gasteiger partial charge < -0.3 is 24.9 Å². The van der Waals surface area contributed by atoms with E-state index in [0.29, 0.717) is 17.7 Å². The van der Waals surface area contributed by atoms with E-state index < -0.39 is 37.1 Å². The molecule has 2 aromatic heterocycles. The van der Waals surface area contributed by atoms with Gasteiger partial charge in [-0.25, -0.2) is 25.1 Å². The van der Waals surface area contributed by atoms with Crippen molar-refractivity contribution in [2.75, 3.05) is 18.7 Å². The van der Waals surface area contributed by atoms with E-state index in [1.165, 1.54) is 6.33 Å². The Hall–Kier alpha value is -2.60. The molecule has 38 heavy (non-hydrogen) atoms. The largest absolute Gasteiger partial charge is 0.481 e. The molecule has 14 heteroatoms. The van der Waals surface area contributed by atoms with Gasteiger partial charge in [-0.2, -0.15) is 0 Å². The number of rotatable bonds is 17. The van der Waals surface area contributed by atoms with Gasteiger partial charge in [0.1, 0.15) is 23.7 Å². The average Bonchev–Trinajstić information content (AvgIpc) is 3.23. The van der Waals surface area contributed by atoms with Crippen molar-refractivity contribution in [2.45, 2.75) is 91.5 Å². The van der Waals surface area contributed by atoms with E-state index in [0.717, 1.165) is 19.3 Å². The first-order valence-electron chi connectivity index (χ1n) is 12.9. The number of carbonyl (C=O) groups is 2. The minimum atomic E-state index is -3.66. The van der Waals surface area contributed by atoms with Crippen LogP contribution in [-0.2, 0) is 30.2 Å². The molecular weight excluding hydrogens is 513 g/mol. The average molecular weight is 556 g/mol. The van der Waals surface area contributed by atoms with Crippen molar-refractivity contribution in [3.63, 3.8) is 0 Å². The molecule has 0 saturated heterocycles. The molecule has 3 atom stereocenters. The van der Waals surface area contributed by atoms with Crippen LogP contribution in [0.15, 0.2) is 12.7 Å². The molecule has 2 aromatic rings. The molecule has 0 aliphatic rings. The fourth-order valence-electron chi connectivity index (χ4n) is 3.78. The van der Waals surface area contributed by atoms with E-state index in [1.54, 1.807) is 31.7 Å². The highest BCUT2D eigenvalue weighted by atomic mass is 31.2. The Bertz CT molecular complexity index is 1120. The Labute approximate surface area is 223 Å². The van der Waals surface area contributed by atoms with Gasteiger partial charge in [0.25, 0.3) is 0 Å². The van der Waals surface area contributed by atoms with Crippen molar-refractivity contribution >= 4 is 36.4 Å². The molecule has 2 heterocycles. The molecule has 0 spiro atoms. The van der Waals surface area contributed by atoms with E-state index in [1.807, 2.05) is 13.8 Å². The van der Waals surface area contributed by atoms with E-state index in [-0.39, 0.29) is 31.1 Å². The number of aromatic nitrogens is 4. The molecular formula is C24H42N7O6P. The van der Waals surface area contributed by atoms with Crippen LogP contribution in [0.3, 0.4) is 0 Å². The second kappa shape index (κ2) is 14.0. The molecule has 0 aromatic carbocycles. The highest BCUT2D eigenvalue weighted by Gasteiger charge is 2.39. The lowest BCUT2D eigenvalue weighted by molar-refractivity contribution is -0.149. The summed E-state index contributed by atoms with van der Waals surface area (Å²) in [7, 11) is -3.66. The topological polar surface area (TPSA) is 184 Å². The number of carboxylic acid groups (broad SMARTS) is 1. The van der Waals surface area contributed by atoms with Gasteiger partial charge in [-0.05, 0) is 33.1 Å². The number of esters is 1. The van der Waals surface area contributed by atoms with Crippen LogP contribution < -0.4 is 15.9 Å². The number of nitrogens with two attached hydrogens (primary N) is 1. The van der Waals surface area contributed by atoms with Gasteiger partial charge >= 0.3 is 11.9 Å². The molecule has 0 aliphatic heterocycles. The molecule has 0 radical (unpaired) electrons. The predicted octanol–water partition coefficient (Wildman–Crippen LogP) is 3.15. The van der Waals surface area contributed by atoms with Gasteiger partial charge in [0.05, 0.1) is 32.0 Å². The summed E-state index contributed by atoms with van der Waals surface area (Å²) < 4.78 is 27.3. The molecule has 0 aliphatic carbocycles. The summed E-state index contributed by atoms with van der Waals surface area (Å²) in [6, 6.07) is -0.626. The SMILES string of the molecule is CCCCCOC(=O)C(C)(C)NP(=O)(CO[C@@H](C)Cn1cnc2c(N)ncnc21)N[C@@H](CC(=O)O)C(C)C. The van der Waals surface area contributed by atoms with Crippen molar-refractivity contribution in [1.82, 2.24) is 29.7 Å². The second-order valence-electron chi connectivity index (χ2n) is 10.3. The second-order valence-corrected chi connectivity index (χ2v) is 12.6. The lowest BCUT2D eigenvalue weighted by Gasteiger charge is -2.34. The number of nitrogens with zero attached hydrogens (tertiary/aromatic N) is 4. The first-order chi connectivity index (χ1) is 17.8. The zero-order valence-corrected chi connectivity index (χ0v) is 24.0. The number of nitrogen functional groups attached to an aromatic ring is 1. The third kappa shape index (κ3) is 9.30. The molecule has 1 unspecified atom stereocenters. The van der Waals surface area contributed by atoms with E-state index in [2.05, 4.69) is 32.1 Å². The van der Waals surface area contributed by atoms with Crippen LogP contribution in [0.25, 0.3) is 11.2 Å². The minimum Gasteiger partial charge on any atom is -0.481 e. The Morgan fingerprint density at radius 3 is 2.55 bits per heavy atom. The van der Waals surface area contributed by atoms with Gasteiger partial charge in [-0.1, -0.05) is 33.6 Å². The number of fused-ring (bicyclic) bond motifs is 1. The molecule has 13 nitrogen and oxygen atoms in total. The van der Waals surface area contributed by atoms with Crippen molar-refractivity contribution < 1.29 is 28.7 Å². The molecule has 0 fully saturated rings. The van der Waals surface area contributed by atoms with Crippen LogP contribution in [0.2, 0.25) is 0 Å². The monoisotopic (exact) mass is 555 g/mol. The summed E-state index contributed by atoms with van der Waals surface area (Å²) in [6.45, 7) is 11.3. The number of anilines is 1.